The molecule has 0 saturated heterocycles. The second-order valence-corrected chi connectivity index (χ2v) is 7.83. The lowest BCUT2D eigenvalue weighted by atomic mass is 9.98. The fraction of sp³-hybridized carbons (Fsp3) is 0.280. The van der Waals surface area contributed by atoms with Crippen molar-refractivity contribution in [3.8, 4) is 11.1 Å². The molecule has 1 aromatic heterocycles. The number of aromatic nitrogens is 1. The molecule has 0 saturated carbocycles. The van der Waals surface area contributed by atoms with E-state index < -0.39 is 23.2 Å². The van der Waals surface area contributed by atoms with Crippen LogP contribution in [0.15, 0.2) is 65.9 Å². The predicted molar refractivity (Wildman–Crippen MR) is 125 cm³/mol. The van der Waals surface area contributed by atoms with Gasteiger partial charge in [-0.15, -0.1) is 0 Å². The second kappa shape index (κ2) is 9.85. The first-order valence-electron chi connectivity index (χ1n) is 10.0. The van der Waals surface area contributed by atoms with Gasteiger partial charge >= 0.3 is 6.18 Å². The maximum absolute atomic E-state index is 13.6. The van der Waals surface area contributed by atoms with Crippen LogP contribution in [0.2, 0.25) is 0 Å². The Bertz CT molecular complexity index is 1080. The SMILES string of the molecule is C=C(C)/C=C(\C(=C/C)C(=O)Nc1cc(-c2ccc(C)nc2)c(C)cc1N(C)C)C(F)(F)F. The van der Waals surface area contributed by atoms with Gasteiger partial charge in [-0.25, -0.2) is 0 Å². The Morgan fingerprint density at radius 2 is 1.84 bits per heavy atom. The van der Waals surface area contributed by atoms with Crippen LogP contribution >= 0.6 is 0 Å². The zero-order chi connectivity index (χ0) is 24.2. The van der Waals surface area contributed by atoms with Crippen LogP contribution in [0.4, 0.5) is 24.5 Å². The average molecular weight is 444 g/mol. The highest BCUT2D eigenvalue weighted by atomic mass is 19.4. The Labute approximate surface area is 187 Å². The summed E-state index contributed by atoms with van der Waals surface area (Å²) in [7, 11) is 3.60. The molecule has 32 heavy (non-hydrogen) atoms. The van der Waals surface area contributed by atoms with Crippen LogP contribution in [0, 0.1) is 13.8 Å². The molecule has 1 aromatic carbocycles. The van der Waals surface area contributed by atoms with E-state index >= 15 is 0 Å². The maximum Gasteiger partial charge on any atom is 0.417 e. The number of carbonyl (C=O) groups is 1. The number of amides is 1. The van der Waals surface area contributed by atoms with Crippen molar-refractivity contribution in [3.05, 3.63) is 77.2 Å². The van der Waals surface area contributed by atoms with Gasteiger partial charge in [0.15, 0.2) is 0 Å². The topological polar surface area (TPSA) is 45.2 Å². The van der Waals surface area contributed by atoms with Crippen LogP contribution < -0.4 is 10.2 Å². The number of anilines is 2. The first-order valence-corrected chi connectivity index (χ1v) is 10.0. The van der Waals surface area contributed by atoms with E-state index in [2.05, 4.69) is 16.9 Å². The van der Waals surface area contributed by atoms with E-state index in [0.29, 0.717) is 11.4 Å². The molecule has 170 valence electrons. The summed E-state index contributed by atoms with van der Waals surface area (Å²) in [5, 5.41) is 2.68. The van der Waals surface area contributed by atoms with Gasteiger partial charge in [0.25, 0.3) is 5.91 Å². The standard InChI is InChI=1S/C25H28F3N3O/c1-8-19(21(11-15(2)3)25(26,27)28)24(32)30-22-13-20(16(4)12-23(22)31(6)7)18-10-9-17(5)29-14-18/h8-14H,2H2,1,3-7H3,(H,30,32)/b19-8+,21-11+. The van der Waals surface area contributed by atoms with E-state index in [9.17, 15) is 18.0 Å². The molecule has 0 spiro atoms. The van der Waals surface area contributed by atoms with E-state index in [-0.39, 0.29) is 5.57 Å². The van der Waals surface area contributed by atoms with Crippen LogP contribution in [0.3, 0.4) is 0 Å². The third kappa shape index (κ3) is 5.87. The molecule has 0 radical (unpaired) electrons. The molecular weight excluding hydrogens is 415 g/mol. The van der Waals surface area contributed by atoms with Crippen molar-refractivity contribution >= 4 is 17.3 Å². The molecule has 0 aliphatic heterocycles. The van der Waals surface area contributed by atoms with E-state index in [0.717, 1.165) is 34.5 Å². The van der Waals surface area contributed by atoms with Crippen LogP contribution in [0.5, 0.6) is 0 Å². The zero-order valence-electron chi connectivity index (χ0n) is 19.2. The average Bonchev–Trinajstić information content (AvgIpc) is 2.68. The van der Waals surface area contributed by atoms with Gasteiger partial charge in [0.2, 0.25) is 0 Å². The van der Waals surface area contributed by atoms with Gasteiger partial charge < -0.3 is 10.2 Å². The van der Waals surface area contributed by atoms with Crippen molar-refractivity contribution < 1.29 is 18.0 Å². The van der Waals surface area contributed by atoms with Gasteiger partial charge in [0.05, 0.1) is 16.9 Å². The maximum atomic E-state index is 13.6. The summed E-state index contributed by atoms with van der Waals surface area (Å²) < 4.78 is 40.9. The van der Waals surface area contributed by atoms with Crippen molar-refractivity contribution in [2.45, 2.75) is 33.9 Å². The summed E-state index contributed by atoms with van der Waals surface area (Å²) in [4.78, 5) is 19.1. The van der Waals surface area contributed by atoms with E-state index in [1.807, 2.05) is 32.0 Å². The highest BCUT2D eigenvalue weighted by molar-refractivity contribution is 6.09. The zero-order valence-corrected chi connectivity index (χ0v) is 19.2. The number of rotatable bonds is 6. The molecule has 2 rings (SSSR count). The Kier molecular flexibility index (Phi) is 7.67. The van der Waals surface area contributed by atoms with Gasteiger partial charge in [0.1, 0.15) is 0 Å². The van der Waals surface area contributed by atoms with Crippen molar-refractivity contribution in [1.29, 1.82) is 0 Å². The van der Waals surface area contributed by atoms with Gasteiger partial charge in [-0.05, 0) is 63.1 Å². The Hall–Kier alpha value is -3.35. The van der Waals surface area contributed by atoms with Gasteiger partial charge in [0, 0.05) is 37.1 Å². The summed E-state index contributed by atoms with van der Waals surface area (Å²) in [5.74, 6) is -0.850. The fourth-order valence-electron chi connectivity index (χ4n) is 3.26. The number of allylic oxidation sites excluding steroid dienone is 3. The molecule has 0 atom stereocenters. The molecule has 4 nitrogen and oxygen atoms in total. The van der Waals surface area contributed by atoms with Gasteiger partial charge in [-0.3, -0.25) is 9.78 Å². The summed E-state index contributed by atoms with van der Waals surface area (Å²) in [6.45, 7) is 10.2. The molecule has 2 aromatic rings. The van der Waals surface area contributed by atoms with E-state index in [1.54, 1.807) is 31.3 Å². The molecule has 0 bridgehead atoms. The molecule has 1 N–H and O–H groups in total. The molecule has 0 fully saturated rings. The minimum atomic E-state index is -4.70. The van der Waals surface area contributed by atoms with E-state index in [4.69, 9.17) is 0 Å². The van der Waals surface area contributed by atoms with Crippen molar-refractivity contribution in [3.63, 3.8) is 0 Å². The minimum absolute atomic E-state index is 0.197. The van der Waals surface area contributed by atoms with Crippen LogP contribution in [0.1, 0.15) is 25.1 Å². The minimum Gasteiger partial charge on any atom is -0.376 e. The lowest BCUT2D eigenvalue weighted by Gasteiger charge is -2.22. The summed E-state index contributed by atoms with van der Waals surface area (Å²) in [6.07, 6.45) is -0.936. The number of halogens is 3. The Balaban J connectivity index is 2.56. The molecule has 7 heteroatoms. The van der Waals surface area contributed by atoms with E-state index in [1.165, 1.54) is 13.8 Å². The smallest absolute Gasteiger partial charge is 0.376 e. The number of nitrogens with zero attached hydrogens (tertiary/aromatic N) is 2. The number of benzene rings is 1. The van der Waals surface area contributed by atoms with Crippen LogP contribution in [-0.2, 0) is 4.79 Å². The van der Waals surface area contributed by atoms with Crippen LogP contribution in [0.25, 0.3) is 11.1 Å². The number of pyridine rings is 1. The summed E-state index contributed by atoms with van der Waals surface area (Å²) >= 11 is 0. The predicted octanol–water partition coefficient (Wildman–Crippen LogP) is 6.38. The first-order chi connectivity index (χ1) is 14.8. The molecule has 0 aliphatic rings. The number of hydrogen-bond donors (Lipinski definition) is 1. The first kappa shape index (κ1) is 24.9. The fourth-order valence-corrected chi connectivity index (χ4v) is 3.26. The number of alkyl halides is 3. The lowest BCUT2D eigenvalue weighted by molar-refractivity contribution is -0.115. The van der Waals surface area contributed by atoms with Crippen molar-refractivity contribution in [1.82, 2.24) is 4.98 Å². The molecule has 0 unspecified atom stereocenters. The van der Waals surface area contributed by atoms with Gasteiger partial charge in [-0.1, -0.05) is 24.3 Å². The quantitative estimate of drug-likeness (QED) is 0.416. The largest absolute Gasteiger partial charge is 0.417 e. The number of hydrogen-bond acceptors (Lipinski definition) is 3. The number of aryl methyl sites for hydroxylation is 2. The van der Waals surface area contributed by atoms with Crippen LogP contribution in [-0.4, -0.2) is 31.2 Å². The third-order valence-corrected chi connectivity index (χ3v) is 4.81. The van der Waals surface area contributed by atoms with Gasteiger partial charge in [-0.2, -0.15) is 13.2 Å². The normalized spacial score (nSPS) is 12.5. The molecule has 1 amide bonds. The van der Waals surface area contributed by atoms with Crippen molar-refractivity contribution in [2.75, 3.05) is 24.3 Å². The third-order valence-electron chi connectivity index (χ3n) is 4.81. The summed E-state index contributed by atoms with van der Waals surface area (Å²) in [5.41, 5.74) is 3.25. The number of nitrogens with one attached hydrogen (secondary N) is 1. The lowest BCUT2D eigenvalue weighted by Crippen LogP contribution is -2.24. The Morgan fingerprint density at radius 1 is 1.19 bits per heavy atom. The molecular formula is C25H28F3N3O. The number of carbonyl (C=O) groups excluding carboxylic acids is 1. The molecule has 0 aliphatic carbocycles. The highest BCUT2D eigenvalue weighted by Crippen LogP contribution is 2.36. The summed E-state index contributed by atoms with van der Waals surface area (Å²) in [6, 6.07) is 7.44. The monoisotopic (exact) mass is 443 g/mol. The second-order valence-electron chi connectivity index (χ2n) is 7.83. The molecule has 1 heterocycles. The Morgan fingerprint density at radius 3 is 2.31 bits per heavy atom. The highest BCUT2D eigenvalue weighted by Gasteiger charge is 2.38. The van der Waals surface area contributed by atoms with Crippen molar-refractivity contribution in [2.24, 2.45) is 0 Å².